The van der Waals surface area contributed by atoms with Crippen molar-refractivity contribution in [2.45, 2.75) is 24.9 Å². The SMILES string of the molecule is CN1CN2CN(CN(C)C(=O)[C@H]2Cc2ccccc2)[C@H](Cc2ccccc2)C1=O. The molecular formula is C23H28N4O2. The molecule has 0 radical (unpaired) electrons. The number of benzene rings is 2. The molecule has 29 heavy (non-hydrogen) atoms. The smallest absolute Gasteiger partial charge is 0.241 e. The fourth-order valence-corrected chi connectivity index (χ4v) is 4.33. The van der Waals surface area contributed by atoms with Crippen molar-refractivity contribution >= 4 is 11.8 Å². The molecule has 2 amide bonds. The lowest BCUT2D eigenvalue weighted by molar-refractivity contribution is -0.141. The van der Waals surface area contributed by atoms with Gasteiger partial charge in [-0.25, -0.2) is 0 Å². The Hall–Kier alpha value is -2.70. The lowest BCUT2D eigenvalue weighted by Gasteiger charge is -2.32. The zero-order chi connectivity index (χ0) is 20.4. The third-order valence-corrected chi connectivity index (χ3v) is 5.90. The van der Waals surface area contributed by atoms with Crippen molar-refractivity contribution in [3.05, 3.63) is 71.8 Å². The van der Waals surface area contributed by atoms with Crippen LogP contribution in [0.4, 0.5) is 0 Å². The van der Waals surface area contributed by atoms with Crippen LogP contribution in [-0.4, -0.2) is 77.6 Å². The molecule has 2 fully saturated rings. The van der Waals surface area contributed by atoms with Crippen molar-refractivity contribution in [1.82, 2.24) is 19.6 Å². The summed E-state index contributed by atoms with van der Waals surface area (Å²) in [5.41, 5.74) is 2.26. The van der Waals surface area contributed by atoms with Gasteiger partial charge in [0.1, 0.15) is 0 Å². The fraction of sp³-hybridized carbons (Fsp3) is 0.391. The second kappa shape index (κ2) is 8.35. The predicted molar refractivity (Wildman–Crippen MR) is 112 cm³/mol. The monoisotopic (exact) mass is 392 g/mol. The summed E-state index contributed by atoms with van der Waals surface area (Å²) in [5, 5.41) is 0. The Balaban J connectivity index is 1.63. The number of nitrogens with zero attached hydrogens (tertiary/aromatic N) is 4. The van der Waals surface area contributed by atoms with Gasteiger partial charge in [0, 0.05) is 14.1 Å². The standard InChI is InChI=1S/C23H28N4O2/c1-24-15-26-17-27(20(22(24)28)13-18-9-5-3-6-10-18)16-25(2)23(29)21(26)14-19-11-7-4-8-12-19/h3-12,20-21H,13-17H2,1-2H3/t20-,21-/m1/s1. The van der Waals surface area contributed by atoms with E-state index in [1.807, 2.05) is 50.5 Å². The molecule has 2 aliphatic heterocycles. The number of carbonyl (C=O) groups is 2. The highest BCUT2D eigenvalue weighted by Gasteiger charge is 2.42. The first-order valence-corrected chi connectivity index (χ1v) is 10.1. The summed E-state index contributed by atoms with van der Waals surface area (Å²) >= 11 is 0. The minimum Gasteiger partial charge on any atom is -0.331 e. The van der Waals surface area contributed by atoms with E-state index in [9.17, 15) is 9.59 Å². The van der Waals surface area contributed by atoms with Crippen LogP contribution in [-0.2, 0) is 22.4 Å². The van der Waals surface area contributed by atoms with Crippen LogP contribution in [0, 0.1) is 0 Å². The summed E-state index contributed by atoms with van der Waals surface area (Å²) in [7, 11) is 3.68. The first kappa shape index (κ1) is 19.6. The maximum atomic E-state index is 13.2. The molecule has 4 atom stereocenters. The van der Waals surface area contributed by atoms with Crippen molar-refractivity contribution in [3.63, 3.8) is 0 Å². The van der Waals surface area contributed by atoms with Crippen molar-refractivity contribution in [2.24, 2.45) is 0 Å². The summed E-state index contributed by atoms with van der Waals surface area (Å²) < 4.78 is 0. The van der Waals surface area contributed by atoms with Gasteiger partial charge >= 0.3 is 0 Å². The normalized spacial score (nSPS) is 27.5. The molecule has 152 valence electrons. The van der Waals surface area contributed by atoms with Crippen LogP contribution in [0.1, 0.15) is 11.1 Å². The van der Waals surface area contributed by atoms with Gasteiger partial charge in [0.2, 0.25) is 11.8 Å². The molecular weight excluding hydrogens is 364 g/mol. The van der Waals surface area contributed by atoms with Crippen LogP contribution in [0.25, 0.3) is 0 Å². The van der Waals surface area contributed by atoms with E-state index in [1.165, 1.54) is 0 Å². The zero-order valence-corrected chi connectivity index (χ0v) is 17.1. The molecule has 2 aliphatic rings. The second-order valence-electron chi connectivity index (χ2n) is 8.09. The third-order valence-electron chi connectivity index (χ3n) is 5.90. The number of hydrogen-bond acceptors (Lipinski definition) is 4. The number of rotatable bonds is 4. The lowest BCUT2D eigenvalue weighted by Crippen LogP contribution is -2.51. The molecule has 6 nitrogen and oxygen atoms in total. The maximum absolute atomic E-state index is 13.2. The first-order chi connectivity index (χ1) is 14.0. The fourth-order valence-electron chi connectivity index (χ4n) is 4.33. The molecule has 0 spiro atoms. The van der Waals surface area contributed by atoms with Gasteiger partial charge in [-0.05, 0) is 24.0 Å². The van der Waals surface area contributed by atoms with Crippen LogP contribution in [0.15, 0.2) is 60.7 Å². The minimum absolute atomic E-state index is 0.109. The maximum Gasteiger partial charge on any atom is 0.241 e. The van der Waals surface area contributed by atoms with Gasteiger partial charge in [-0.15, -0.1) is 0 Å². The molecule has 0 saturated carbocycles. The van der Waals surface area contributed by atoms with Crippen molar-refractivity contribution in [1.29, 1.82) is 0 Å². The van der Waals surface area contributed by atoms with E-state index >= 15 is 0 Å². The number of amides is 2. The van der Waals surface area contributed by atoms with Crippen molar-refractivity contribution in [2.75, 3.05) is 34.1 Å². The Morgan fingerprint density at radius 3 is 1.41 bits per heavy atom. The van der Waals surface area contributed by atoms with Gasteiger partial charge in [-0.1, -0.05) is 60.7 Å². The van der Waals surface area contributed by atoms with Gasteiger partial charge in [0.25, 0.3) is 0 Å². The second-order valence-corrected chi connectivity index (χ2v) is 8.09. The molecule has 2 aromatic rings. The average molecular weight is 393 g/mol. The Labute approximate surface area is 172 Å². The quantitative estimate of drug-likeness (QED) is 0.794. The summed E-state index contributed by atoms with van der Waals surface area (Å²) in [5.74, 6) is 0.218. The van der Waals surface area contributed by atoms with Gasteiger partial charge in [0.15, 0.2) is 0 Å². The van der Waals surface area contributed by atoms with E-state index in [1.54, 1.807) is 9.80 Å². The first-order valence-electron chi connectivity index (χ1n) is 10.1. The molecule has 0 aliphatic carbocycles. The van der Waals surface area contributed by atoms with E-state index in [-0.39, 0.29) is 23.9 Å². The summed E-state index contributed by atoms with van der Waals surface area (Å²) in [4.78, 5) is 34.2. The number of likely N-dealkylation sites (N-methyl/N-ethyl adjacent to an activating group) is 2. The van der Waals surface area contributed by atoms with Gasteiger partial charge in [-0.3, -0.25) is 19.4 Å². The van der Waals surface area contributed by atoms with E-state index in [2.05, 4.69) is 34.1 Å². The van der Waals surface area contributed by atoms with Gasteiger partial charge in [0.05, 0.1) is 32.1 Å². The Bertz CT molecular complexity index is 786. The summed E-state index contributed by atoms with van der Waals surface area (Å²) in [6, 6.07) is 19.6. The summed E-state index contributed by atoms with van der Waals surface area (Å²) in [6.45, 7) is 1.51. The van der Waals surface area contributed by atoms with Gasteiger partial charge in [-0.2, -0.15) is 0 Å². The molecule has 2 saturated heterocycles. The van der Waals surface area contributed by atoms with Crippen molar-refractivity contribution < 1.29 is 9.59 Å². The molecule has 2 aromatic carbocycles. The molecule has 0 aromatic heterocycles. The summed E-state index contributed by atoms with van der Waals surface area (Å²) in [6.07, 6.45) is 1.28. The Morgan fingerprint density at radius 2 is 1.03 bits per heavy atom. The average Bonchev–Trinajstić information content (AvgIpc) is 2.92. The van der Waals surface area contributed by atoms with Crippen LogP contribution in [0.5, 0.6) is 0 Å². The van der Waals surface area contributed by atoms with E-state index in [0.29, 0.717) is 32.8 Å². The topological polar surface area (TPSA) is 47.1 Å². The lowest BCUT2D eigenvalue weighted by atomic mass is 10.0. The number of fused-ring (bicyclic) bond motifs is 2. The highest BCUT2D eigenvalue weighted by atomic mass is 16.2. The third kappa shape index (κ3) is 4.18. The van der Waals surface area contributed by atoms with E-state index in [0.717, 1.165) is 11.1 Å². The highest BCUT2D eigenvalue weighted by molar-refractivity contribution is 5.84. The van der Waals surface area contributed by atoms with Crippen LogP contribution in [0.3, 0.4) is 0 Å². The Kier molecular flexibility index (Phi) is 5.65. The Morgan fingerprint density at radius 1 is 0.655 bits per heavy atom. The van der Waals surface area contributed by atoms with E-state index in [4.69, 9.17) is 0 Å². The van der Waals surface area contributed by atoms with Crippen molar-refractivity contribution in [3.8, 4) is 0 Å². The molecule has 6 heteroatoms. The highest BCUT2D eigenvalue weighted by Crippen LogP contribution is 2.23. The zero-order valence-electron chi connectivity index (χ0n) is 17.1. The van der Waals surface area contributed by atoms with Gasteiger partial charge < -0.3 is 9.80 Å². The molecule has 2 bridgehead atoms. The molecule has 2 unspecified atom stereocenters. The minimum atomic E-state index is -0.280. The van der Waals surface area contributed by atoms with Crippen LogP contribution < -0.4 is 0 Å². The number of carbonyl (C=O) groups excluding carboxylic acids is 2. The molecule has 0 N–H and O–H groups in total. The van der Waals surface area contributed by atoms with Crippen LogP contribution >= 0.6 is 0 Å². The molecule has 4 rings (SSSR count). The number of hydrogen-bond donors (Lipinski definition) is 0. The largest absolute Gasteiger partial charge is 0.331 e. The van der Waals surface area contributed by atoms with E-state index < -0.39 is 0 Å². The van der Waals surface area contributed by atoms with Crippen LogP contribution in [0.2, 0.25) is 0 Å². The predicted octanol–water partition coefficient (Wildman–Crippen LogP) is 1.63. The molecule has 2 heterocycles.